The zero-order valence-electron chi connectivity index (χ0n) is 22.8. The van der Waals surface area contributed by atoms with E-state index in [1.165, 1.54) is 0 Å². The number of ether oxygens (including phenoxy) is 1. The van der Waals surface area contributed by atoms with E-state index in [-0.39, 0.29) is 11.7 Å². The molecular formula is C34H33Cl3NO3. The molecule has 0 aliphatic rings. The molecule has 0 unspecified atom stereocenters. The van der Waals surface area contributed by atoms with Crippen molar-refractivity contribution in [2.45, 2.75) is 45.1 Å². The van der Waals surface area contributed by atoms with Gasteiger partial charge in [0.2, 0.25) is 0 Å². The van der Waals surface area contributed by atoms with Gasteiger partial charge in [0.15, 0.2) is 5.75 Å². The molecule has 4 aromatic rings. The summed E-state index contributed by atoms with van der Waals surface area (Å²) in [5.41, 5.74) is 3.72. The van der Waals surface area contributed by atoms with Crippen LogP contribution in [0.2, 0.25) is 15.1 Å². The van der Waals surface area contributed by atoms with Crippen LogP contribution >= 0.6 is 34.8 Å². The number of carbonyl (C=O) groups is 1. The highest BCUT2D eigenvalue weighted by molar-refractivity contribution is 6.31. The Balaban J connectivity index is 1.25. The van der Waals surface area contributed by atoms with Crippen molar-refractivity contribution in [3.8, 4) is 28.0 Å². The quantitative estimate of drug-likeness (QED) is 0.145. The molecule has 0 saturated carbocycles. The van der Waals surface area contributed by atoms with Crippen LogP contribution in [0.4, 0.5) is 0 Å². The van der Waals surface area contributed by atoms with Crippen molar-refractivity contribution in [1.82, 2.24) is 5.32 Å². The van der Waals surface area contributed by atoms with Crippen molar-refractivity contribution in [2.24, 2.45) is 0 Å². The van der Waals surface area contributed by atoms with Crippen LogP contribution in [-0.2, 0) is 16.5 Å². The van der Waals surface area contributed by atoms with Crippen LogP contribution in [0.1, 0.15) is 54.4 Å². The maximum Gasteiger partial charge on any atom is 0.251 e. The normalized spacial score (nSPS) is 11.0. The average Bonchev–Trinajstić information content (AvgIpc) is 2.97. The predicted octanol–water partition coefficient (Wildman–Crippen LogP) is 10.4. The lowest BCUT2D eigenvalue weighted by molar-refractivity contribution is 0.0953. The number of amides is 1. The largest absolute Gasteiger partial charge is 0.377 e. The van der Waals surface area contributed by atoms with Crippen LogP contribution in [0.25, 0.3) is 22.3 Å². The lowest BCUT2D eigenvalue weighted by atomic mass is 9.94. The Hall–Kier alpha value is -3.02. The monoisotopic (exact) mass is 608 g/mol. The van der Waals surface area contributed by atoms with Gasteiger partial charge in [-0.25, -0.2) is 0 Å². The van der Waals surface area contributed by atoms with Gasteiger partial charge in [0.1, 0.15) is 0 Å². The van der Waals surface area contributed by atoms with Gasteiger partial charge in [-0.15, -0.1) is 0 Å². The lowest BCUT2D eigenvalue weighted by Gasteiger charge is -2.13. The molecule has 1 N–H and O–H groups in total. The number of halogens is 3. The maximum absolute atomic E-state index is 13.5. The Labute approximate surface area is 257 Å². The topological polar surface area (TPSA) is 58.2 Å². The zero-order chi connectivity index (χ0) is 29.0. The molecule has 41 heavy (non-hydrogen) atoms. The molecule has 0 heterocycles. The summed E-state index contributed by atoms with van der Waals surface area (Å²) in [7, 11) is 0. The predicted molar refractivity (Wildman–Crippen MR) is 169 cm³/mol. The molecule has 0 spiro atoms. The zero-order valence-corrected chi connectivity index (χ0v) is 25.1. The van der Waals surface area contributed by atoms with Crippen LogP contribution in [0.5, 0.6) is 5.75 Å². The Morgan fingerprint density at radius 3 is 1.80 bits per heavy atom. The van der Waals surface area contributed by atoms with Gasteiger partial charge in [-0.05, 0) is 78.1 Å². The number of hydrogen-bond donors (Lipinski definition) is 1. The first kappa shape index (κ1) is 30.9. The highest BCUT2D eigenvalue weighted by Gasteiger charge is 2.19. The molecule has 0 aromatic heterocycles. The summed E-state index contributed by atoms with van der Waals surface area (Å²) in [6.45, 7) is 1.92. The molecule has 7 heteroatoms. The maximum atomic E-state index is 13.5. The van der Waals surface area contributed by atoms with Crippen molar-refractivity contribution in [2.75, 3.05) is 13.2 Å². The second kappa shape index (κ2) is 15.8. The SMILES string of the molecule is [O]c1c(-c2cccc(Cl)c2)cc(C(=O)NCCCCCCCCOCc2ccc(Cl)cc2)cc1-c1cccc(Cl)c1. The molecule has 0 aliphatic heterocycles. The lowest BCUT2D eigenvalue weighted by Crippen LogP contribution is -2.24. The molecular weight excluding hydrogens is 577 g/mol. The summed E-state index contributed by atoms with van der Waals surface area (Å²) in [5.74, 6) is -0.393. The Bertz CT molecular complexity index is 1370. The highest BCUT2D eigenvalue weighted by Crippen LogP contribution is 2.41. The van der Waals surface area contributed by atoms with Crippen LogP contribution in [0, 0.1) is 0 Å². The van der Waals surface area contributed by atoms with E-state index in [1.54, 1.807) is 48.5 Å². The minimum absolute atomic E-state index is 0.179. The van der Waals surface area contributed by atoms with Crippen LogP contribution < -0.4 is 5.32 Å². The van der Waals surface area contributed by atoms with Crippen molar-refractivity contribution >= 4 is 40.7 Å². The number of rotatable bonds is 14. The Morgan fingerprint density at radius 2 is 1.22 bits per heavy atom. The molecule has 0 atom stereocenters. The molecule has 0 fully saturated rings. The Morgan fingerprint density at radius 1 is 0.659 bits per heavy atom. The van der Waals surface area contributed by atoms with Gasteiger partial charge in [0, 0.05) is 44.9 Å². The fourth-order valence-electron chi connectivity index (χ4n) is 4.61. The highest BCUT2D eigenvalue weighted by atomic mass is 35.5. The number of hydrogen-bond acceptors (Lipinski definition) is 2. The van der Waals surface area contributed by atoms with Gasteiger partial charge in [0.25, 0.3) is 5.91 Å². The summed E-state index contributed by atoms with van der Waals surface area (Å²) >= 11 is 18.3. The fourth-order valence-corrected chi connectivity index (χ4v) is 5.12. The van der Waals surface area contributed by atoms with Gasteiger partial charge < -0.3 is 10.1 Å². The molecule has 213 valence electrons. The van der Waals surface area contributed by atoms with E-state index < -0.39 is 0 Å². The number of unbranched alkanes of at least 4 members (excludes halogenated alkanes) is 5. The molecule has 4 rings (SSSR count). The molecule has 0 aliphatic carbocycles. The van der Waals surface area contributed by atoms with Crippen molar-refractivity contribution < 1.29 is 14.6 Å². The first-order valence-electron chi connectivity index (χ1n) is 13.9. The number of nitrogens with one attached hydrogen (secondary N) is 1. The smallest absolute Gasteiger partial charge is 0.251 e. The third-order valence-electron chi connectivity index (χ3n) is 6.81. The van der Waals surface area contributed by atoms with Gasteiger partial charge in [0.05, 0.1) is 6.61 Å². The van der Waals surface area contributed by atoms with E-state index in [9.17, 15) is 9.90 Å². The fraction of sp³-hybridized carbons (Fsp3) is 0.265. The summed E-state index contributed by atoms with van der Waals surface area (Å²) < 4.78 is 5.74. The second-order valence-corrected chi connectivity index (χ2v) is 11.3. The van der Waals surface area contributed by atoms with Crippen LogP contribution in [0.3, 0.4) is 0 Å². The van der Waals surface area contributed by atoms with E-state index in [0.29, 0.717) is 51.0 Å². The molecule has 1 amide bonds. The molecule has 4 nitrogen and oxygen atoms in total. The summed E-state index contributed by atoms with van der Waals surface area (Å²) in [5, 5.41) is 18.2. The summed E-state index contributed by atoms with van der Waals surface area (Å²) in [4.78, 5) is 13.1. The third kappa shape index (κ3) is 9.51. The molecule has 4 aromatic carbocycles. The van der Waals surface area contributed by atoms with Crippen molar-refractivity contribution in [1.29, 1.82) is 0 Å². The summed E-state index contributed by atoms with van der Waals surface area (Å²) in [6, 6.07) is 25.2. The van der Waals surface area contributed by atoms with E-state index in [0.717, 1.165) is 55.7 Å². The average molecular weight is 610 g/mol. The molecule has 1 radical (unpaired) electrons. The standard InChI is InChI=1S/C34H33Cl3NO3/c35-28-15-13-24(14-16-28)23-41-18-6-4-2-1-3-5-17-38-34(40)27-21-31(25-9-7-11-29(36)19-25)33(39)32(22-27)26-10-8-12-30(37)20-26/h7-16,19-22H,1-6,17-18,23H2,(H,38,40). The van der Waals surface area contributed by atoms with E-state index >= 15 is 0 Å². The van der Waals surface area contributed by atoms with E-state index in [4.69, 9.17) is 39.5 Å². The van der Waals surface area contributed by atoms with Crippen molar-refractivity contribution in [3.05, 3.63) is 111 Å². The van der Waals surface area contributed by atoms with E-state index in [2.05, 4.69) is 5.32 Å². The number of carbonyl (C=O) groups excluding carboxylic acids is 1. The van der Waals surface area contributed by atoms with Crippen LogP contribution in [-0.4, -0.2) is 19.1 Å². The second-order valence-electron chi connectivity index (χ2n) is 9.98. The molecule has 0 saturated heterocycles. The van der Waals surface area contributed by atoms with E-state index in [1.807, 2.05) is 36.4 Å². The van der Waals surface area contributed by atoms with Gasteiger partial charge in [-0.2, -0.15) is 0 Å². The van der Waals surface area contributed by atoms with Gasteiger partial charge in [-0.1, -0.05) is 96.9 Å². The Kier molecular flexibility index (Phi) is 11.9. The molecule has 0 bridgehead atoms. The minimum Gasteiger partial charge on any atom is -0.377 e. The van der Waals surface area contributed by atoms with Gasteiger partial charge in [-0.3, -0.25) is 9.90 Å². The first-order valence-corrected chi connectivity index (χ1v) is 15.0. The van der Waals surface area contributed by atoms with Crippen molar-refractivity contribution in [3.63, 3.8) is 0 Å². The summed E-state index contributed by atoms with van der Waals surface area (Å²) in [6.07, 6.45) is 6.32. The first-order chi connectivity index (χ1) is 19.9. The number of benzene rings is 4. The third-order valence-corrected chi connectivity index (χ3v) is 7.53. The van der Waals surface area contributed by atoms with Gasteiger partial charge >= 0.3 is 0 Å². The minimum atomic E-state index is -0.214. The van der Waals surface area contributed by atoms with Crippen LogP contribution in [0.15, 0.2) is 84.9 Å².